The van der Waals surface area contributed by atoms with Gasteiger partial charge in [-0.05, 0) is 36.5 Å². The first-order chi connectivity index (χ1) is 12.5. The summed E-state index contributed by atoms with van der Waals surface area (Å²) in [6.07, 6.45) is 2.33. The summed E-state index contributed by atoms with van der Waals surface area (Å²) in [6.45, 7) is 6.42. The van der Waals surface area contributed by atoms with E-state index in [1.165, 1.54) is 26.4 Å². The molecule has 2 heterocycles. The molecule has 0 N–H and O–H groups in total. The lowest BCUT2D eigenvalue weighted by molar-refractivity contribution is 0.0963. The second kappa shape index (κ2) is 6.49. The van der Waals surface area contributed by atoms with E-state index in [1.807, 2.05) is 25.1 Å². The van der Waals surface area contributed by atoms with E-state index in [2.05, 4.69) is 19.9 Å². The number of amides is 1. The van der Waals surface area contributed by atoms with E-state index in [9.17, 15) is 13.2 Å². The van der Waals surface area contributed by atoms with Crippen molar-refractivity contribution in [3.8, 4) is 0 Å². The maximum atomic E-state index is 13.4. The van der Waals surface area contributed by atoms with Gasteiger partial charge in [-0.2, -0.15) is 0 Å². The van der Waals surface area contributed by atoms with E-state index >= 15 is 0 Å². The number of nitrogens with zero attached hydrogens (tertiary/aromatic N) is 3. The first-order valence-corrected chi connectivity index (χ1v) is 10.4. The molecule has 0 spiro atoms. The highest BCUT2D eigenvalue weighted by atomic mass is 32.2. The second-order valence-electron chi connectivity index (χ2n) is 8.09. The minimum Gasteiger partial charge on any atom is -0.345 e. The largest absolute Gasteiger partial charge is 0.345 e. The molecule has 146 valence electrons. The highest BCUT2D eigenvalue weighted by Crippen LogP contribution is 2.42. The van der Waals surface area contributed by atoms with Crippen molar-refractivity contribution < 1.29 is 13.2 Å². The van der Waals surface area contributed by atoms with Crippen molar-refractivity contribution in [3.63, 3.8) is 0 Å². The summed E-state index contributed by atoms with van der Waals surface area (Å²) >= 11 is 0. The monoisotopic (exact) mass is 389 g/mol. The second-order valence-corrected chi connectivity index (χ2v) is 10.2. The lowest BCUT2D eigenvalue weighted by atomic mass is 9.75. The minimum absolute atomic E-state index is 0.00575. The van der Waals surface area contributed by atoms with Crippen LogP contribution in [0, 0.1) is 0 Å². The summed E-state index contributed by atoms with van der Waals surface area (Å²) in [5.74, 6) is -0.187. The normalized spacial score (nSPS) is 19.2. The van der Waals surface area contributed by atoms with Gasteiger partial charge in [0.2, 0.25) is 10.0 Å². The van der Waals surface area contributed by atoms with Crippen LogP contribution >= 0.6 is 0 Å². The van der Waals surface area contributed by atoms with Crippen LogP contribution in [0.1, 0.15) is 43.2 Å². The van der Waals surface area contributed by atoms with Gasteiger partial charge in [0.25, 0.3) is 5.91 Å². The van der Waals surface area contributed by atoms with Crippen LogP contribution in [0.3, 0.4) is 0 Å². The molecule has 6 nitrogen and oxygen atoms in total. The van der Waals surface area contributed by atoms with Crippen LogP contribution < -0.4 is 4.90 Å². The van der Waals surface area contributed by atoms with Gasteiger partial charge in [0.15, 0.2) is 0 Å². The Morgan fingerprint density at radius 1 is 1.22 bits per heavy atom. The Kier molecular flexibility index (Phi) is 4.72. The fourth-order valence-electron chi connectivity index (χ4n) is 3.96. The van der Waals surface area contributed by atoms with E-state index in [1.54, 1.807) is 16.5 Å². The number of rotatable bonds is 3. The topological polar surface area (TPSA) is 62.6 Å². The van der Waals surface area contributed by atoms with Crippen LogP contribution in [0.4, 0.5) is 5.69 Å². The molecule has 3 rings (SSSR count). The number of benzene rings is 1. The number of fused-ring (bicyclic) bond motifs is 1. The fraction of sp³-hybridized carbons (Fsp3) is 0.450. The number of hydrogen-bond acceptors (Lipinski definition) is 3. The first kappa shape index (κ1) is 19.6. The molecule has 0 saturated heterocycles. The smallest absolute Gasteiger partial charge is 0.275 e. The van der Waals surface area contributed by atoms with E-state index in [4.69, 9.17) is 0 Å². The Bertz CT molecular complexity index is 990. The average molecular weight is 390 g/mol. The Labute approximate surface area is 161 Å². The number of aryl methyl sites for hydroxylation is 1. The lowest BCUT2D eigenvalue weighted by Gasteiger charge is -2.43. The Morgan fingerprint density at radius 3 is 2.48 bits per heavy atom. The maximum absolute atomic E-state index is 13.4. The maximum Gasteiger partial charge on any atom is 0.275 e. The van der Waals surface area contributed by atoms with Gasteiger partial charge in [0.1, 0.15) is 10.6 Å². The molecule has 0 radical (unpaired) electrons. The molecule has 1 aromatic heterocycles. The van der Waals surface area contributed by atoms with Crippen molar-refractivity contribution in [2.75, 3.05) is 19.0 Å². The SMILES string of the molecule is C[C@H]1CC(C)(C)c2ccccc2N1C(=O)c1cc(S(=O)(=O)N(C)C)cn1C. The van der Waals surface area contributed by atoms with Gasteiger partial charge < -0.3 is 9.47 Å². The number of anilines is 1. The lowest BCUT2D eigenvalue weighted by Crippen LogP contribution is -2.47. The van der Waals surface area contributed by atoms with Crippen molar-refractivity contribution in [2.45, 2.75) is 43.5 Å². The van der Waals surface area contributed by atoms with E-state index in [-0.39, 0.29) is 22.3 Å². The number of aromatic nitrogens is 1. The predicted molar refractivity (Wildman–Crippen MR) is 107 cm³/mol. The third-order valence-electron chi connectivity index (χ3n) is 5.34. The Morgan fingerprint density at radius 2 is 1.85 bits per heavy atom. The molecule has 27 heavy (non-hydrogen) atoms. The van der Waals surface area contributed by atoms with Gasteiger partial charge in [0, 0.05) is 39.1 Å². The zero-order valence-corrected chi connectivity index (χ0v) is 17.5. The molecule has 0 unspecified atom stereocenters. The molecule has 1 amide bonds. The standard InChI is InChI=1S/C20H27N3O3S/c1-14-12-20(2,3)16-9-7-8-10-17(16)23(14)19(24)18-11-15(13-22(18)6)27(25,26)21(4)5/h7-11,13-14H,12H2,1-6H3/t14-/m0/s1. The highest BCUT2D eigenvalue weighted by molar-refractivity contribution is 7.89. The summed E-state index contributed by atoms with van der Waals surface area (Å²) in [7, 11) is 1.07. The third kappa shape index (κ3) is 3.19. The van der Waals surface area contributed by atoms with Crippen molar-refractivity contribution in [3.05, 3.63) is 47.8 Å². The fourth-order valence-corrected chi connectivity index (χ4v) is 4.94. The Balaban J connectivity index is 2.08. The van der Waals surface area contributed by atoms with Crippen molar-refractivity contribution in [1.29, 1.82) is 0 Å². The summed E-state index contributed by atoms with van der Waals surface area (Å²) in [4.78, 5) is 15.3. The molecular weight excluding hydrogens is 362 g/mol. The van der Waals surface area contributed by atoms with Gasteiger partial charge >= 0.3 is 0 Å². The molecule has 1 aliphatic heterocycles. The number of sulfonamides is 1. The molecule has 1 aromatic carbocycles. The van der Waals surface area contributed by atoms with Crippen LogP contribution in [-0.4, -0.2) is 43.3 Å². The quantitative estimate of drug-likeness (QED) is 0.811. The summed E-state index contributed by atoms with van der Waals surface area (Å²) in [5.41, 5.74) is 2.36. The van der Waals surface area contributed by atoms with Crippen molar-refractivity contribution in [2.24, 2.45) is 7.05 Å². The molecule has 2 aromatic rings. The van der Waals surface area contributed by atoms with E-state index in [0.29, 0.717) is 5.69 Å². The van der Waals surface area contributed by atoms with Gasteiger partial charge in [-0.3, -0.25) is 4.79 Å². The molecule has 7 heteroatoms. The average Bonchev–Trinajstić information content (AvgIpc) is 2.96. The van der Waals surface area contributed by atoms with Gasteiger partial charge in [-0.25, -0.2) is 12.7 Å². The van der Waals surface area contributed by atoms with E-state index < -0.39 is 10.0 Å². The minimum atomic E-state index is -3.59. The van der Waals surface area contributed by atoms with Crippen LogP contribution in [-0.2, 0) is 22.5 Å². The molecule has 0 aliphatic carbocycles. The highest BCUT2D eigenvalue weighted by Gasteiger charge is 2.39. The van der Waals surface area contributed by atoms with Crippen molar-refractivity contribution >= 4 is 21.6 Å². The molecule has 1 atom stereocenters. The van der Waals surface area contributed by atoms with Crippen LogP contribution in [0.25, 0.3) is 0 Å². The van der Waals surface area contributed by atoms with Crippen LogP contribution in [0.5, 0.6) is 0 Å². The van der Waals surface area contributed by atoms with Gasteiger partial charge in [-0.1, -0.05) is 32.0 Å². The molecule has 0 saturated carbocycles. The molecule has 0 fully saturated rings. The predicted octanol–water partition coefficient (Wildman–Crippen LogP) is 2.99. The molecule has 0 bridgehead atoms. The number of carbonyl (C=O) groups is 1. The molecular formula is C20H27N3O3S. The summed E-state index contributed by atoms with van der Waals surface area (Å²) in [5, 5.41) is 0. The van der Waals surface area contributed by atoms with Crippen molar-refractivity contribution in [1.82, 2.24) is 8.87 Å². The Hall–Kier alpha value is -2.12. The summed E-state index contributed by atoms with van der Waals surface area (Å²) < 4.78 is 27.6. The third-order valence-corrected chi connectivity index (χ3v) is 7.12. The number of para-hydroxylation sites is 1. The van der Waals surface area contributed by atoms with Gasteiger partial charge in [0.05, 0.1) is 0 Å². The van der Waals surface area contributed by atoms with E-state index in [0.717, 1.165) is 22.0 Å². The number of hydrogen-bond donors (Lipinski definition) is 0. The van der Waals surface area contributed by atoms with Crippen LogP contribution in [0.15, 0.2) is 41.4 Å². The van der Waals surface area contributed by atoms with Crippen LogP contribution in [0.2, 0.25) is 0 Å². The number of carbonyl (C=O) groups excluding carboxylic acids is 1. The summed E-state index contributed by atoms with van der Waals surface area (Å²) in [6, 6.07) is 9.42. The first-order valence-electron chi connectivity index (χ1n) is 8.99. The zero-order chi connectivity index (χ0) is 20.1. The molecule has 1 aliphatic rings. The zero-order valence-electron chi connectivity index (χ0n) is 16.7. The van der Waals surface area contributed by atoms with Gasteiger partial charge in [-0.15, -0.1) is 0 Å².